The van der Waals surface area contributed by atoms with E-state index in [4.69, 9.17) is 11.6 Å². The van der Waals surface area contributed by atoms with Crippen LogP contribution >= 0.6 is 23.4 Å². The minimum absolute atomic E-state index is 0.586. The third kappa shape index (κ3) is 3.28. The largest absolute Gasteiger partial charge is 0.228 e. The number of thioether (sulfide) groups is 1. The Hall–Kier alpha value is -1.52. The minimum atomic E-state index is 0.586. The van der Waals surface area contributed by atoms with Crippen molar-refractivity contribution in [1.82, 2.24) is 14.6 Å². The number of unbranched alkanes of at least 4 members (excludes halogenated alkanes) is 1. The number of fused-ring (bicyclic) bond motifs is 1. The van der Waals surface area contributed by atoms with Crippen LogP contribution in [0.4, 0.5) is 0 Å². The lowest BCUT2D eigenvalue weighted by Gasteiger charge is -2.04. The first-order valence-corrected chi connectivity index (χ1v) is 8.80. The summed E-state index contributed by atoms with van der Waals surface area (Å²) in [4.78, 5) is 4.69. The Balaban J connectivity index is 1.95. The van der Waals surface area contributed by atoms with Gasteiger partial charge in [0, 0.05) is 17.7 Å². The van der Waals surface area contributed by atoms with Crippen LogP contribution in [0.1, 0.15) is 25.3 Å². The molecule has 5 heteroatoms. The van der Waals surface area contributed by atoms with Crippen molar-refractivity contribution >= 4 is 29.0 Å². The Morgan fingerprint density at radius 3 is 2.68 bits per heavy atom. The first-order chi connectivity index (χ1) is 10.7. The highest BCUT2D eigenvalue weighted by molar-refractivity contribution is 7.99. The molecule has 0 radical (unpaired) electrons. The molecule has 0 bridgehead atoms. The molecule has 0 fully saturated rings. The van der Waals surface area contributed by atoms with Crippen LogP contribution in [0.15, 0.2) is 41.4 Å². The molecule has 0 spiro atoms. The van der Waals surface area contributed by atoms with Gasteiger partial charge >= 0.3 is 0 Å². The van der Waals surface area contributed by atoms with Crippen molar-refractivity contribution in [1.29, 1.82) is 0 Å². The SMILES string of the molecule is CCCCSc1cc2nc(-c3ccc(C)cc3)cc(Cl)n2n1. The lowest BCUT2D eigenvalue weighted by molar-refractivity contribution is 0.876. The van der Waals surface area contributed by atoms with Gasteiger partial charge in [0.1, 0.15) is 10.2 Å². The zero-order valence-electron chi connectivity index (χ0n) is 12.7. The molecule has 1 aromatic carbocycles. The average molecular weight is 332 g/mol. The fraction of sp³-hybridized carbons (Fsp3) is 0.294. The van der Waals surface area contributed by atoms with Crippen LogP contribution in [-0.4, -0.2) is 20.4 Å². The maximum atomic E-state index is 6.37. The highest BCUT2D eigenvalue weighted by atomic mass is 35.5. The van der Waals surface area contributed by atoms with Crippen LogP contribution in [0.3, 0.4) is 0 Å². The average Bonchev–Trinajstić information content (AvgIpc) is 2.92. The number of rotatable bonds is 5. The molecule has 3 nitrogen and oxygen atoms in total. The predicted molar refractivity (Wildman–Crippen MR) is 93.8 cm³/mol. The number of hydrogen-bond donors (Lipinski definition) is 0. The lowest BCUT2D eigenvalue weighted by atomic mass is 10.1. The number of benzene rings is 1. The zero-order valence-corrected chi connectivity index (χ0v) is 14.3. The molecule has 0 N–H and O–H groups in total. The molecule has 0 aliphatic rings. The van der Waals surface area contributed by atoms with E-state index < -0.39 is 0 Å². The highest BCUT2D eigenvalue weighted by Gasteiger charge is 2.10. The molecule has 2 aromatic heterocycles. The molecule has 3 aromatic rings. The molecule has 0 unspecified atom stereocenters. The third-order valence-electron chi connectivity index (χ3n) is 3.46. The first-order valence-electron chi connectivity index (χ1n) is 7.43. The molecule has 22 heavy (non-hydrogen) atoms. The van der Waals surface area contributed by atoms with Crippen LogP contribution in [0.5, 0.6) is 0 Å². The van der Waals surface area contributed by atoms with Gasteiger partial charge in [-0.2, -0.15) is 5.10 Å². The van der Waals surface area contributed by atoms with Crippen LogP contribution in [0, 0.1) is 6.92 Å². The number of nitrogens with zero attached hydrogens (tertiary/aromatic N) is 3. The third-order valence-corrected chi connectivity index (χ3v) is 4.71. The fourth-order valence-electron chi connectivity index (χ4n) is 2.18. The quantitative estimate of drug-likeness (QED) is 0.363. The monoisotopic (exact) mass is 331 g/mol. The van der Waals surface area contributed by atoms with E-state index >= 15 is 0 Å². The van der Waals surface area contributed by atoms with Crippen LogP contribution < -0.4 is 0 Å². The van der Waals surface area contributed by atoms with E-state index in [-0.39, 0.29) is 0 Å². The van der Waals surface area contributed by atoms with Crippen molar-refractivity contribution in [2.75, 3.05) is 5.75 Å². The van der Waals surface area contributed by atoms with E-state index in [1.807, 2.05) is 12.1 Å². The van der Waals surface area contributed by atoms with Crippen LogP contribution in [-0.2, 0) is 0 Å². The van der Waals surface area contributed by atoms with Gasteiger partial charge < -0.3 is 0 Å². The summed E-state index contributed by atoms with van der Waals surface area (Å²) in [6.45, 7) is 4.26. The lowest BCUT2D eigenvalue weighted by Crippen LogP contribution is -1.94. The van der Waals surface area contributed by atoms with Gasteiger partial charge in [-0.05, 0) is 19.1 Å². The van der Waals surface area contributed by atoms with Crippen LogP contribution in [0.2, 0.25) is 5.15 Å². The molecule has 0 atom stereocenters. The van der Waals surface area contributed by atoms with E-state index in [0.29, 0.717) is 5.15 Å². The van der Waals surface area contributed by atoms with Gasteiger partial charge in [0.15, 0.2) is 5.65 Å². The van der Waals surface area contributed by atoms with Gasteiger partial charge in [-0.15, -0.1) is 11.8 Å². The Labute approximate surface area is 139 Å². The van der Waals surface area contributed by atoms with E-state index in [0.717, 1.165) is 27.7 Å². The predicted octanol–water partition coefficient (Wildman–Crippen LogP) is 5.25. The van der Waals surface area contributed by atoms with Crippen molar-refractivity contribution in [2.24, 2.45) is 0 Å². The molecular weight excluding hydrogens is 314 g/mol. The molecule has 114 valence electrons. The molecule has 0 saturated heterocycles. The fourth-order valence-corrected chi connectivity index (χ4v) is 3.38. The summed E-state index contributed by atoms with van der Waals surface area (Å²) in [6, 6.07) is 12.2. The normalized spacial score (nSPS) is 11.2. The molecule has 0 aliphatic carbocycles. The van der Waals surface area contributed by atoms with Crippen LogP contribution in [0.25, 0.3) is 16.9 Å². The van der Waals surface area contributed by atoms with Gasteiger partial charge in [0.05, 0.1) is 5.69 Å². The van der Waals surface area contributed by atoms with Gasteiger partial charge in [0.25, 0.3) is 0 Å². The minimum Gasteiger partial charge on any atom is -0.228 e. The summed E-state index contributed by atoms with van der Waals surface area (Å²) in [5.41, 5.74) is 3.97. The summed E-state index contributed by atoms with van der Waals surface area (Å²) in [5, 5.41) is 6.08. The second kappa shape index (κ2) is 6.71. The van der Waals surface area contributed by atoms with Crippen molar-refractivity contribution in [2.45, 2.75) is 31.7 Å². The van der Waals surface area contributed by atoms with Crippen molar-refractivity contribution in [3.63, 3.8) is 0 Å². The number of aryl methyl sites for hydroxylation is 1. The molecule has 0 saturated carbocycles. The maximum Gasteiger partial charge on any atom is 0.158 e. The highest BCUT2D eigenvalue weighted by Crippen LogP contribution is 2.25. The maximum absolute atomic E-state index is 6.37. The van der Waals surface area contributed by atoms with E-state index in [9.17, 15) is 0 Å². The Morgan fingerprint density at radius 2 is 1.95 bits per heavy atom. The van der Waals surface area contributed by atoms with E-state index in [2.05, 4.69) is 48.2 Å². The smallest absolute Gasteiger partial charge is 0.158 e. The number of aromatic nitrogens is 3. The zero-order chi connectivity index (χ0) is 15.5. The summed E-state index contributed by atoms with van der Waals surface area (Å²) in [6.07, 6.45) is 2.38. The van der Waals surface area contributed by atoms with E-state index in [1.54, 1.807) is 16.3 Å². The summed E-state index contributed by atoms with van der Waals surface area (Å²) < 4.78 is 1.70. The second-order valence-electron chi connectivity index (χ2n) is 5.28. The van der Waals surface area contributed by atoms with Crippen molar-refractivity contribution in [3.05, 3.63) is 47.1 Å². The molecule has 0 aliphatic heterocycles. The van der Waals surface area contributed by atoms with Gasteiger partial charge in [0.2, 0.25) is 0 Å². The summed E-state index contributed by atoms with van der Waals surface area (Å²) >= 11 is 8.12. The molecule has 0 amide bonds. The Bertz CT molecular complexity index is 780. The Morgan fingerprint density at radius 1 is 1.18 bits per heavy atom. The molecule has 3 rings (SSSR count). The number of halogens is 1. The Kier molecular flexibility index (Phi) is 4.69. The van der Waals surface area contributed by atoms with Gasteiger partial charge in [-0.1, -0.05) is 54.8 Å². The number of hydrogen-bond acceptors (Lipinski definition) is 3. The van der Waals surface area contributed by atoms with Gasteiger partial charge in [-0.25, -0.2) is 9.50 Å². The van der Waals surface area contributed by atoms with Crippen molar-refractivity contribution in [3.8, 4) is 11.3 Å². The topological polar surface area (TPSA) is 30.2 Å². The standard InChI is InChI=1S/C17H18ClN3S/c1-3-4-9-22-17-11-16-19-14(10-15(18)21(16)20-17)13-7-5-12(2)6-8-13/h5-8,10-11H,3-4,9H2,1-2H3. The molecule has 2 heterocycles. The first kappa shape index (κ1) is 15.4. The second-order valence-corrected chi connectivity index (χ2v) is 6.79. The summed E-state index contributed by atoms with van der Waals surface area (Å²) in [7, 11) is 0. The summed E-state index contributed by atoms with van der Waals surface area (Å²) in [5.74, 6) is 1.07. The van der Waals surface area contributed by atoms with Gasteiger partial charge in [-0.3, -0.25) is 0 Å². The van der Waals surface area contributed by atoms with Crippen molar-refractivity contribution < 1.29 is 0 Å². The molecular formula is C17H18ClN3S. The van der Waals surface area contributed by atoms with E-state index in [1.165, 1.54) is 18.4 Å².